The van der Waals surface area contributed by atoms with Crippen LogP contribution in [0.15, 0.2) is 12.1 Å². The van der Waals surface area contributed by atoms with Gasteiger partial charge in [-0.2, -0.15) is 0 Å². The first-order chi connectivity index (χ1) is 13.8. The molecule has 1 aromatic rings. The lowest BCUT2D eigenvalue weighted by Crippen LogP contribution is -2.50. The Balaban J connectivity index is 1.88. The van der Waals surface area contributed by atoms with Crippen LogP contribution in [0, 0.1) is 11.3 Å². The summed E-state index contributed by atoms with van der Waals surface area (Å²) >= 11 is 0. The van der Waals surface area contributed by atoms with Crippen LogP contribution in [0.4, 0.5) is 4.39 Å². The fourth-order valence-corrected chi connectivity index (χ4v) is 5.03. The number of carbonyl (C=O) groups is 1. The van der Waals surface area contributed by atoms with Gasteiger partial charge in [-0.25, -0.2) is 0 Å². The average molecular weight is 408 g/mol. The summed E-state index contributed by atoms with van der Waals surface area (Å²) in [7, 11) is 3.30. The fraction of sp³-hybridized carbons (Fsp3) is 0.696. The van der Waals surface area contributed by atoms with Crippen molar-refractivity contribution in [1.82, 2.24) is 4.90 Å². The van der Waals surface area contributed by atoms with E-state index >= 15 is 0 Å². The molecule has 162 valence electrons. The number of carbonyl (C=O) groups excluding carboxylic acids is 1. The van der Waals surface area contributed by atoms with E-state index in [1.54, 1.807) is 14.2 Å². The van der Waals surface area contributed by atoms with Crippen molar-refractivity contribution in [3.63, 3.8) is 0 Å². The molecule has 0 radical (unpaired) electrons. The average Bonchev–Trinajstić information content (AvgIpc) is 2.66. The Labute approximate surface area is 173 Å². The van der Waals surface area contributed by atoms with Gasteiger partial charge in [0.05, 0.1) is 20.9 Å². The molecule has 0 N–H and O–H groups in total. The number of ether oxygens (including phenoxy) is 3. The van der Waals surface area contributed by atoms with Crippen LogP contribution in [-0.4, -0.2) is 51.0 Å². The van der Waals surface area contributed by atoms with Gasteiger partial charge in [0, 0.05) is 38.4 Å². The maximum Gasteiger partial charge on any atom is 0.302 e. The first-order valence-corrected chi connectivity index (χ1v) is 10.5. The molecule has 5 nitrogen and oxygen atoms in total. The van der Waals surface area contributed by atoms with Gasteiger partial charge in [-0.1, -0.05) is 13.8 Å². The Bertz CT molecular complexity index is 736. The van der Waals surface area contributed by atoms with Crippen LogP contribution in [0.3, 0.4) is 0 Å². The topological polar surface area (TPSA) is 48.0 Å². The summed E-state index contributed by atoms with van der Waals surface area (Å²) in [5, 5.41) is 0. The molecule has 1 aromatic carbocycles. The molecule has 0 amide bonds. The van der Waals surface area contributed by atoms with Crippen LogP contribution in [-0.2, 0) is 16.0 Å². The largest absolute Gasteiger partial charge is 0.493 e. The number of esters is 1. The van der Waals surface area contributed by atoms with Crippen molar-refractivity contribution in [2.45, 2.75) is 58.6 Å². The lowest BCUT2D eigenvalue weighted by Gasteiger charge is -2.48. The molecule has 3 rings (SSSR count). The van der Waals surface area contributed by atoms with E-state index in [1.165, 1.54) is 18.1 Å². The molecule has 3 atom stereocenters. The smallest absolute Gasteiger partial charge is 0.302 e. The highest BCUT2D eigenvalue weighted by atomic mass is 19.1. The second-order valence-corrected chi connectivity index (χ2v) is 9.12. The van der Waals surface area contributed by atoms with Gasteiger partial charge in [-0.3, -0.25) is 14.1 Å². The Kier molecular flexibility index (Phi) is 6.72. The number of halogens is 1. The van der Waals surface area contributed by atoms with Gasteiger partial charge in [-0.05, 0) is 47.9 Å². The van der Waals surface area contributed by atoms with Crippen molar-refractivity contribution in [1.29, 1.82) is 0 Å². The number of hydrogen-bond donors (Lipinski definition) is 0. The zero-order valence-corrected chi connectivity index (χ0v) is 18.3. The summed E-state index contributed by atoms with van der Waals surface area (Å²) in [6.45, 7) is 7.17. The lowest BCUT2D eigenvalue weighted by molar-refractivity contribution is -0.155. The van der Waals surface area contributed by atoms with Crippen LogP contribution >= 0.6 is 0 Å². The number of fused-ring (bicyclic) bond motifs is 3. The Morgan fingerprint density at radius 3 is 2.55 bits per heavy atom. The molecule has 0 bridgehead atoms. The molecule has 0 aromatic heterocycles. The van der Waals surface area contributed by atoms with Crippen molar-refractivity contribution in [3.05, 3.63) is 23.3 Å². The minimum atomic E-state index is -0.320. The number of rotatable bonds is 7. The predicted octanol–water partition coefficient (Wildman–Crippen LogP) is 4.33. The van der Waals surface area contributed by atoms with E-state index < -0.39 is 0 Å². The SMILES string of the molecule is COc1cc2c(cc1OC)[C@H]1C[C@@H](OC(C)=O)[C@H](CC(C)(C)CCF)CN1CC2. The van der Waals surface area contributed by atoms with E-state index in [1.807, 2.05) is 0 Å². The van der Waals surface area contributed by atoms with Gasteiger partial charge in [0.1, 0.15) is 6.10 Å². The molecule has 0 saturated carbocycles. The molecule has 6 heteroatoms. The molecule has 0 spiro atoms. The fourth-order valence-electron chi connectivity index (χ4n) is 5.03. The van der Waals surface area contributed by atoms with Crippen LogP contribution in [0.5, 0.6) is 11.5 Å². The Morgan fingerprint density at radius 2 is 1.93 bits per heavy atom. The van der Waals surface area contributed by atoms with Gasteiger partial charge in [0.25, 0.3) is 0 Å². The summed E-state index contributed by atoms with van der Waals surface area (Å²) in [5.41, 5.74) is 2.38. The molecular formula is C23H34FNO4. The normalized spacial score (nSPS) is 24.4. The standard InChI is InChI=1S/C23H34FNO4/c1-15(26)29-20-12-19-18-11-22(28-5)21(27-4)10-16(18)6-9-25(19)14-17(20)13-23(2,3)7-8-24/h10-11,17,19-20H,6-9,12-14H2,1-5H3/t17-,19-,20-/m1/s1. The zero-order valence-electron chi connectivity index (χ0n) is 18.3. The van der Waals surface area contributed by atoms with Gasteiger partial charge in [-0.15, -0.1) is 0 Å². The molecule has 1 saturated heterocycles. The number of piperidine rings is 1. The van der Waals surface area contributed by atoms with Crippen molar-refractivity contribution in [2.24, 2.45) is 11.3 Å². The summed E-state index contributed by atoms with van der Waals surface area (Å²) < 4.78 is 29.8. The Hall–Kier alpha value is -1.82. The molecule has 0 unspecified atom stereocenters. The molecule has 29 heavy (non-hydrogen) atoms. The third kappa shape index (κ3) is 4.85. The number of nitrogens with zero attached hydrogens (tertiary/aromatic N) is 1. The van der Waals surface area contributed by atoms with E-state index in [0.717, 1.165) is 43.9 Å². The molecule has 0 aliphatic carbocycles. The number of hydrogen-bond acceptors (Lipinski definition) is 5. The quantitative estimate of drug-likeness (QED) is 0.630. The summed E-state index contributed by atoms with van der Waals surface area (Å²) in [6.07, 6.45) is 2.91. The van der Waals surface area contributed by atoms with Crippen molar-refractivity contribution in [3.8, 4) is 11.5 Å². The molecular weight excluding hydrogens is 373 g/mol. The van der Waals surface area contributed by atoms with Gasteiger partial charge >= 0.3 is 5.97 Å². The van der Waals surface area contributed by atoms with Gasteiger partial charge in [0.15, 0.2) is 11.5 Å². The monoisotopic (exact) mass is 407 g/mol. The van der Waals surface area contributed by atoms with E-state index in [4.69, 9.17) is 14.2 Å². The third-order valence-corrected chi connectivity index (χ3v) is 6.47. The highest BCUT2D eigenvalue weighted by molar-refractivity contribution is 5.66. The van der Waals surface area contributed by atoms with Crippen LogP contribution in [0.1, 0.15) is 57.2 Å². The minimum Gasteiger partial charge on any atom is -0.493 e. The highest BCUT2D eigenvalue weighted by Gasteiger charge is 2.42. The maximum atomic E-state index is 13.0. The van der Waals surface area contributed by atoms with Crippen molar-refractivity contribution in [2.75, 3.05) is 34.0 Å². The van der Waals surface area contributed by atoms with E-state index in [-0.39, 0.29) is 36.1 Å². The van der Waals surface area contributed by atoms with E-state index in [9.17, 15) is 9.18 Å². The summed E-state index contributed by atoms with van der Waals surface area (Å²) in [6, 6.07) is 4.33. The summed E-state index contributed by atoms with van der Waals surface area (Å²) in [5.74, 6) is 1.43. The second-order valence-electron chi connectivity index (χ2n) is 9.12. The first-order valence-electron chi connectivity index (χ1n) is 10.5. The van der Waals surface area contributed by atoms with Gasteiger partial charge in [0.2, 0.25) is 0 Å². The summed E-state index contributed by atoms with van der Waals surface area (Å²) in [4.78, 5) is 14.3. The molecule has 2 aliphatic rings. The number of methoxy groups -OCH3 is 2. The second kappa shape index (κ2) is 8.90. The lowest BCUT2D eigenvalue weighted by atomic mass is 9.73. The zero-order chi connectivity index (χ0) is 21.2. The van der Waals surface area contributed by atoms with Crippen LogP contribution < -0.4 is 9.47 Å². The maximum absolute atomic E-state index is 13.0. The third-order valence-electron chi connectivity index (χ3n) is 6.47. The Morgan fingerprint density at radius 1 is 1.24 bits per heavy atom. The molecule has 2 aliphatic heterocycles. The van der Waals surface area contributed by atoms with Crippen LogP contribution in [0.25, 0.3) is 0 Å². The number of alkyl halides is 1. The minimum absolute atomic E-state index is 0.116. The number of benzene rings is 1. The van der Waals surface area contributed by atoms with Crippen molar-refractivity contribution < 1.29 is 23.4 Å². The van der Waals surface area contributed by atoms with Crippen LogP contribution in [0.2, 0.25) is 0 Å². The molecule has 2 heterocycles. The predicted molar refractivity (Wildman–Crippen MR) is 110 cm³/mol. The van der Waals surface area contributed by atoms with Crippen molar-refractivity contribution >= 4 is 5.97 Å². The molecule has 1 fully saturated rings. The van der Waals surface area contributed by atoms with E-state index in [0.29, 0.717) is 6.42 Å². The first kappa shape index (κ1) is 21.9. The highest BCUT2D eigenvalue weighted by Crippen LogP contribution is 2.45. The van der Waals surface area contributed by atoms with Gasteiger partial charge < -0.3 is 14.2 Å². The van der Waals surface area contributed by atoms with E-state index in [2.05, 4.69) is 30.9 Å².